The average Bonchev–Trinajstić information content (AvgIpc) is 1.37. The smallest absolute Gasteiger partial charge is 1.00 e. The van der Waals surface area contributed by atoms with Crippen LogP contribution in [0.4, 0.5) is 0 Å². The molecule has 0 aromatic rings. The number of hydrogen-bond acceptors (Lipinski definition) is 2. The number of hydrogen-bond donors (Lipinski definition) is 2. The molecule has 0 fully saturated rings. The Morgan fingerprint density at radius 3 is 0.727 bits per heavy atom. The van der Waals surface area contributed by atoms with E-state index in [0.717, 1.165) is 0 Å². The van der Waals surface area contributed by atoms with E-state index in [2.05, 4.69) is 0 Å². The topological polar surface area (TPSA) is 52.0 Å². The van der Waals surface area contributed by atoms with E-state index in [1.807, 2.05) is 0 Å². The molecule has 0 atom stereocenters. The molecule has 0 radical (unpaired) electrons. The number of nitrogens with two attached hydrogens (primary N) is 2. The fraction of sp³-hybridized carbons (Fsp3) is 0.333. The van der Waals surface area contributed by atoms with Gasteiger partial charge in [-0.1, -0.05) is 0 Å². The van der Waals surface area contributed by atoms with Gasteiger partial charge in [-0.2, -0.15) is 0 Å². The van der Waals surface area contributed by atoms with Crippen molar-refractivity contribution in [3.8, 4) is 0 Å². The summed E-state index contributed by atoms with van der Waals surface area (Å²) in [5, 5.41) is 0. The van der Waals surface area contributed by atoms with E-state index in [0.29, 0.717) is 13.1 Å². The molecule has 0 aliphatic heterocycles. The molecule has 0 aliphatic rings. The fourth-order valence-corrected chi connectivity index (χ4v) is 0. The zero-order valence-corrected chi connectivity index (χ0v) is 12.4. The zero-order chi connectivity index (χ0) is 3.41. The first-order chi connectivity index (χ1) is 1.91. The summed E-state index contributed by atoms with van der Waals surface area (Å²) in [6.07, 6.45) is 0. The van der Waals surface area contributed by atoms with Gasteiger partial charge in [0.2, 0.25) is 0 Å². The molecule has 0 spiro atoms. The molecule has 0 aromatic carbocycles. The van der Waals surface area contributed by atoms with E-state index in [-0.39, 0.29) is 84.1 Å². The Kier molecular flexibility index (Phi) is 753. The third kappa shape index (κ3) is 163. The minimum atomic E-state index is 0. The predicted octanol–water partition coefficient (Wildman–Crippen LogP) is -5.29. The van der Waals surface area contributed by atoms with E-state index in [1.54, 1.807) is 0 Å². The van der Waals surface area contributed by atoms with Crippen molar-refractivity contribution in [2.45, 2.75) is 0 Å². The predicted molar refractivity (Wildman–Crippen MR) is 43.8 cm³/mol. The van der Waals surface area contributed by atoms with E-state index >= 15 is 0 Å². The van der Waals surface area contributed by atoms with Crippen LogP contribution >= 0.6 is 0 Å². The summed E-state index contributed by atoms with van der Waals surface area (Å²) >= 11 is 0. The second kappa shape index (κ2) is 102. The van der Waals surface area contributed by atoms with Crippen molar-refractivity contribution in [2.24, 2.45) is 11.5 Å². The third-order valence-electron chi connectivity index (χ3n) is 0.167. The Hall–Kier alpha value is 1.54. The van der Waals surface area contributed by atoms with Gasteiger partial charge in [0.25, 0.3) is 0 Å². The molecule has 0 bridgehead atoms. The van der Waals surface area contributed by atoms with Crippen molar-refractivity contribution in [1.82, 2.24) is 0 Å². The molecule has 82 valence electrons. The van der Waals surface area contributed by atoms with Gasteiger partial charge in [0.05, 0.1) is 0 Å². The van der Waals surface area contributed by atoms with Gasteiger partial charge in [-0.3, -0.25) is 0 Å². The van der Waals surface area contributed by atoms with E-state index in [9.17, 15) is 0 Å². The molecule has 0 heterocycles. The van der Waals surface area contributed by atoms with Crippen LogP contribution in [0.1, 0.15) is 0 Å². The maximum Gasteiger partial charge on any atom is 2.00 e. The van der Waals surface area contributed by atoms with Gasteiger partial charge in [0, 0.05) is 13.1 Å². The van der Waals surface area contributed by atoms with E-state index < -0.39 is 0 Å². The first kappa shape index (κ1) is 81.0. The van der Waals surface area contributed by atoms with Crippen molar-refractivity contribution in [3.05, 3.63) is 29.7 Å². The first-order valence-corrected chi connectivity index (χ1v) is 1.32. The molecule has 0 rings (SSSR count). The Bertz CT molecular complexity index is 20.5. The monoisotopic (exact) mass is 384 g/mol. The Labute approximate surface area is 108 Å². The summed E-state index contributed by atoms with van der Waals surface area (Å²) in [7, 11) is 0. The Balaban J connectivity index is -0.00000000214. The fourth-order valence-electron chi connectivity index (χ4n) is 0. The van der Waals surface area contributed by atoms with Crippen LogP contribution in [0.2, 0.25) is 0 Å². The van der Waals surface area contributed by atoms with Crippen molar-refractivity contribution in [3.63, 3.8) is 0 Å². The van der Waals surface area contributed by atoms with Gasteiger partial charge in [0.15, 0.2) is 0 Å². The third-order valence-corrected chi connectivity index (χ3v) is 0.167. The van der Waals surface area contributed by atoms with Gasteiger partial charge < -0.3 is 75.1 Å². The SMILES string of the molecule is NCCN.[Br-].[Br-].[CH3-].[CH3-].[CH3-].[CH3-].[Pd+2]. The van der Waals surface area contributed by atoms with Crippen molar-refractivity contribution >= 4 is 0 Å². The van der Waals surface area contributed by atoms with Crippen LogP contribution < -0.4 is 45.4 Å². The second-order valence-corrected chi connectivity index (χ2v) is 0.577. The summed E-state index contributed by atoms with van der Waals surface area (Å²) < 4.78 is 0. The molecule has 0 saturated heterocycles. The molecular formula is C6H20Br2N2Pd-4. The molecular weight excluding hydrogens is 366 g/mol. The van der Waals surface area contributed by atoms with Gasteiger partial charge >= 0.3 is 20.4 Å². The van der Waals surface area contributed by atoms with Crippen LogP contribution in [0, 0.1) is 29.7 Å². The molecule has 5 heteroatoms. The quantitative estimate of drug-likeness (QED) is 0.350. The maximum atomic E-state index is 4.90. The summed E-state index contributed by atoms with van der Waals surface area (Å²) in [5.74, 6) is 0. The summed E-state index contributed by atoms with van der Waals surface area (Å²) in [6, 6.07) is 0. The minimum absolute atomic E-state index is 0. The average molecular weight is 386 g/mol. The standard InChI is InChI=1S/C2H8N2.4CH3.2BrH.Pd/c3-1-2-4;;;;;;;/h1-4H2;4*1H3;2*1H;/q;4*-1;;;+2/p-2. The van der Waals surface area contributed by atoms with E-state index in [1.165, 1.54) is 0 Å². The molecule has 0 aliphatic carbocycles. The number of halogens is 2. The first-order valence-electron chi connectivity index (χ1n) is 1.32. The summed E-state index contributed by atoms with van der Waals surface area (Å²) in [5.41, 5.74) is 9.81. The summed E-state index contributed by atoms with van der Waals surface area (Å²) in [6.45, 7) is 1.19. The molecule has 2 nitrogen and oxygen atoms in total. The van der Waals surface area contributed by atoms with Crippen molar-refractivity contribution in [2.75, 3.05) is 13.1 Å². The van der Waals surface area contributed by atoms with Gasteiger partial charge in [-0.05, 0) is 0 Å². The zero-order valence-electron chi connectivity index (χ0n) is 7.64. The van der Waals surface area contributed by atoms with Crippen LogP contribution in [-0.4, -0.2) is 13.1 Å². The van der Waals surface area contributed by atoms with Crippen LogP contribution in [0.5, 0.6) is 0 Å². The molecule has 0 amide bonds. The van der Waals surface area contributed by atoms with Crippen molar-refractivity contribution in [1.29, 1.82) is 0 Å². The minimum Gasteiger partial charge on any atom is -1.00 e. The molecule has 0 unspecified atom stereocenters. The van der Waals surface area contributed by atoms with Crippen LogP contribution in [-0.2, 0) is 20.4 Å². The van der Waals surface area contributed by atoms with Gasteiger partial charge in [-0.25, -0.2) is 0 Å². The van der Waals surface area contributed by atoms with E-state index in [4.69, 9.17) is 11.5 Å². The second-order valence-electron chi connectivity index (χ2n) is 0.577. The molecule has 11 heavy (non-hydrogen) atoms. The molecule has 4 N–H and O–H groups in total. The van der Waals surface area contributed by atoms with Crippen LogP contribution in [0.25, 0.3) is 0 Å². The molecule has 0 aromatic heterocycles. The number of rotatable bonds is 1. The molecule has 0 saturated carbocycles. The van der Waals surface area contributed by atoms with Gasteiger partial charge in [0.1, 0.15) is 0 Å². The Morgan fingerprint density at radius 2 is 0.727 bits per heavy atom. The van der Waals surface area contributed by atoms with Gasteiger partial charge in [-0.15, -0.1) is 0 Å². The normalized spacial score (nSPS) is 2.73. The van der Waals surface area contributed by atoms with Crippen LogP contribution in [0.3, 0.4) is 0 Å². The Morgan fingerprint density at radius 1 is 0.636 bits per heavy atom. The summed E-state index contributed by atoms with van der Waals surface area (Å²) in [4.78, 5) is 0. The maximum absolute atomic E-state index is 4.90. The van der Waals surface area contributed by atoms with Crippen molar-refractivity contribution < 1.29 is 54.4 Å². The van der Waals surface area contributed by atoms with Crippen LogP contribution in [0.15, 0.2) is 0 Å². The largest absolute Gasteiger partial charge is 2.00 e.